The number of imide groups is 1. The Bertz CT molecular complexity index is 2310. The van der Waals surface area contributed by atoms with Crippen LogP contribution in [0.15, 0.2) is 63.5 Å². The molecule has 3 amide bonds. The van der Waals surface area contributed by atoms with Crippen LogP contribution < -0.4 is 31.4 Å². The lowest BCUT2D eigenvalue weighted by Gasteiger charge is -2.36. The molecule has 2 saturated heterocycles. The molecule has 0 aliphatic carbocycles. The first-order valence-electron chi connectivity index (χ1n) is 19.6. The van der Waals surface area contributed by atoms with E-state index < -0.39 is 11.9 Å². The molecule has 0 saturated carbocycles. The second kappa shape index (κ2) is 15.6. The molecule has 2 aromatic carbocycles. The van der Waals surface area contributed by atoms with Crippen molar-refractivity contribution >= 4 is 62.1 Å². The van der Waals surface area contributed by atoms with Gasteiger partial charge in [-0.3, -0.25) is 44.7 Å². The Balaban J connectivity index is 0.891. The number of nitrogens with zero attached hydrogens (tertiary/aromatic N) is 7. The first-order chi connectivity index (χ1) is 27.1. The highest BCUT2D eigenvalue weighted by atomic mass is 32.1. The molecule has 0 bridgehead atoms. The van der Waals surface area contributed by atoms with Gasteiger partial charge in [0.05, 0.1) is 29.8 Å². The smallest absolute Gasteiger partial charge is 0.275 e. The molecule has 8 rings (SSSR count). The average molecular weight is 777 g/mol. The number of amidine groups is 1. The summed E-state index contributed by atoms with van der Waals surface area (Å²) in [5.74, 6) is -0.00659. The van der Waals surface area contributed by atoms with Crippen LogP contribution in [0.3, 0.4) is 0 Å². The number of aromatic nitrogens is 2. The lowest BCUT2D eigenvalue weighted by Crippen LogP contribution is -2.50. The van der Waals surface area contributed by atoms with Gasteiger partial charge in [0.15, 0.2) is 0 Å². The van der Waals surface area contributed by atoms with Crippen molar-refractivity contribution in [3.8, 4) is 0 Å². The summed E-state index contributed by atoms with van der Waals surface area (Å²) < 4.78 is 1.19. The maximum atomic E-state index is 13.6. The fraction of sp³-hybridized carbons (Fsp3) is 0.439. The van der Waals surface area contributed by atoms with Crippen molar-refractivity contribution in [1.29, 1.82) is 0 Å². The van der Waals surface area contributed by atoms with E-state index in [1.54, 1.807) is 23.6 Å². The molecule has 6 heterocycles. The number of hydrogen-bond acceptors (Lipinski definition) is 12. The summed E-state index contributed by atoms with van der Waals surface area (Å²) in [5.41, 5.74) is 9.57. The first-order valence-corrected chi connectivity index (χ1v) is 20.4. The van der Waals surface area contributed by atoms with Crippen molar-refractivity contribution in [1.82, 2.24) is 30.7 Å². The molecular formula is C41H48N10O4S. The number of fused-ring (bicyclic) bond motifs is 4. The Kier molecular flexibility index (Phi) is 10.5. The van der Waals surface area contributed by atoms with Gasteiger partial charge in [0.1, 0.15) is 23.0 Å². The number of hydrogen-bond donors (Lipinski definition) is 3. The van der Waals surface area contributed by atoms with Gasteiger partial charge in [0.25, 0.3) is 11.5 Å². The minimum atomic E-state index is -0.795. The van der Waals surface area contributed by atoms with Crippen LogP contribution in [0.1, 0.15) is 72.7 Å². The SMILES string of the molecule is CCCc1ccc(C2=N[C@@H](CC(=O)NCCN3CCN(c4ccc5c(=O)n(C6CCC(=O)NC6=O)ncc5c4)CC3)C3NN=C(C)N3c3sc(C)c(C)c32)cc1. The van der Waals surface area contributed by atoms with Crippen LogP contribution in [0, 0.1) is 13.8 Å². The Morgan fingerprint density at radius 3 is 2.55 bits per heavy atom. The molecule has 0 spiro atoms. The molecule has 2 unspecified atom stereocenters. The summed E-state index contributed by atoms with van der Waals surface area (Å²) in [6, 6.07) is 13.3. The summed E-state index contributed by atoms with van der Waals surface area (Å²) in [7, 11) is 0. The standard InChI is InChI=1S/C41H48N10O4S/c1-5-6-27-7-9-28(10-8-27)37-36-24(2)25(3)56-41(36)50-26(4)46-47-38(50)32(44-37)22-35(53)42-15-16-48-17-19-49(20-18-48)30-11-12-31-29(21-30)23-43-51(40(31)55)33-13-14-34(52)45-39(33)54/h7-12,21,23,32-33,38,47H,5-6,13-20,22H2,1-4H3,(H,42,53)(H,45,52,54)/t32-,33?,38?/m0/s1. The summed E-state index contributed by atoms with van der Waals surface area (Å²) in [6.45, 7) is 13.0. The van der Waals surface area contributed by atoms with Crippen molar-refractivity contribution in [2.75, 3.05) is 49.1 Å². The minimum Gasteiger partial charge on any atom is -0.369 e. The summed E-state index contributed by atoms with van der Waals surface area (Å²) in [4.78, 5) is 64.3. The first kappa shape index (κ1) is 37.5. The molecular weight excluding hydrogens is 729 g/mol. The Morgan fingerprint density at radius 2 is 1.80 bits per heavy atom. The summed E-state index contributed by atoms with van der Waals surface area (Å²) in [6.07, 6.45) is 4.13. The van der Waals surface area contributed by atoms with Gasteiger partial charge in [0, 0.05) is 72.8 Å². The van der Waals surface area contributed by atoms with Crippen molar-refractivity contribution in [2.45, 2.75) is 78.0 Å². The van der Waals surface area contributed by atoms with Gasteiger partial charge in [-0.2, -0.15) is 10.2 Å². The number of nitrogens with one attached hydrogen (secondary N) is 3. The largest absolute Gasteiger partial charge is 0.369 e. The minimum absolute atomic E-state index is 0.0408. The lowest BCUT2D eigenvalue weighted by atomic mass is 9.98. The second-order valence-corrected chi connectivity index (χ2v) is 16.3. The number of amides is 3. The highest BCUT2D eigenvalue weighted by Gasteiger charge is 2.41. The fourth-order valence-electron chi connectivity index (χ4n) is 8.19. The van der Waals surface area contributed by atoms with Crippen molar-refractivity contribution in [3.05, 3.63) is 86.1 Å². The second-order valence-electron chi connectivity index (χ2n) is 15.1. The van der Waals surface area contributed by atoms with Crippen molar-refractivity contribution in [2.24, 2.45) is 10.1 Å². The number of aliphatic imine (C=N–C) groups is 1. The van der Waals surface area contributed by atoms with Crippen LogP contribution in [-0.4, -0.2) is 95.4 Å². The van der Waals surface area contributed by atoms with E-state index >= 15 is 0 Å². The third-order valence-corrected chi connectivity index (χ3v) is 12.6. The Morgan fingerprint density at radius 1 is 1.02 bits per heavy atom. The fourth-order valence-corrected chi connectivity index (χ4v) is 9.43. The van der Waals surface area contributed by atoms with Crippen LogP contribution in [0.4, 0.5) is 10.7 Å². The van der Waals surface area contributed by atoms with Crippen LogP contribution in [0.2, 0.25) is 0 Å². The molecule has 4 aliphatic heterocycles. The van der Waals surface area contributed by atoms with E-state index in [0.717, 1.165) is 78.9 Å². The number of hydrazone groups is 1. The maximum absolute atomic E-state index is 13.6. The topological polar surface area (TPSA) is 157 Å². The Hall–Kier alpha value is -5.41. The number of piperazine rings is 1. The molecule has 3 N–H and O–H groups in total. The molecule has 292 valence electrons. The van der Waals surface area contributed by atoms with Crippen molar-refractivity contribution < 1.29 is 14.4 Å². The van der Waals surface area contributed by atoms with Crippen molar-refractivity contribution in [3.63, 3.8) is 0 Å². The van der Waals surface area contributed by atoms with Gasteiger partial charge in [0.2, 0.25) is 11.8 Å². The van der Waals surface area contributed by atoms with E-state index in [-0.39, 0.29) is 48.8 Å². The zero-order valence-electron chi connectivity index (χ0n) is 32.3. The zero-order chi connectivity index (χ0) is 39.1. The normalized spacial score (nSPS) is 21.2. The van der Waals surface area contributed by atoms with E-state index in [4.69, 9.17) is 4.99 Å². The number of aryl methyl sites for hydroxylation is 2. The molecule has 4 aromatic rings. The molecule has 2 aromatic heterocycles. The van der Waals surface area contributed by atoms with Gasteiger partial charge < -0.3 is 10.2 Å². The molecule has 56 heavy (non-hydrogen) atoms. The van der Waals surface area contributed by atoms with Crippen LogP contribution >= 0.6 is 11.3 Å². The van der Waals surface area contributed by atoms with Crippen LogP contribution in [-0.2, 0) is 20.8 Å². The predicted octanol–water partition coefficient (Wildman–Crippen LogP) is 3.62. The van der Waals surface area contributed by atoms with Crippen LogP contribution in [0.5, 0.6) is 0 Å². The number of piperidine rings is 1. The molecule has 15 heteroatoms. The van der Waals surface area contributed by atoms with Crippen LogP contribution in [0.25, 0.3) is 10.8 Å². The monoisotopic (exact) mass is 776 g/mol. The predicted molar refractivity (Wildman–Crippen MR) is 220 cm³/mol. The average Bonchev–Trinajstić information content (AvgIpc) is 3.67. The summed E-state index contributed by atoms with van der Waals surface area (Å²) >= 11 is 1.75. The highest BCUT2D eigenvalue weighted by molar-refractivity contribution is 7.17. The van der Waals surface area contributed by atoms with Gasteiger partial charge in [-0.1, -0.05) is 37.6 Å². The van der Waals surface area contributed by atoms with E-state index in [9.17, 15) is 19.2 Å². The highest BCUT2D eigenvalue weighted by Crippen LogP contribution is 2.42. The third-order valence-electron chi connectivity index (χ3n) is 11.4. The molecule has 4 aliphatic rings. The van der Waals surface area contributed by atoms with Gasteiger partial charge in [-0.15, -0.1) is 11.3 Å². The molecule has 14 nitrogen and oxygen atoms in total. The molecule has 0 radical (unpaired) electrons. The number of anilines is 2. The maximum Gasteiger partial charge on any atom is 0.275 e. The van der Waals surface area contributed by atoms with E-state index in [2.05, 4.69) is 86.0 Å². The number of rotatable bonds is 10. The number of carbonyl (C=O) groups is 3. The molecule has 2 fully saturated rings. The number of thiophene rings is 1. The number of benzene rings is 2. The van der Waals surface area contributed by atoms with Gasteiger partial charge in [-0.05, 0) is 62.9 Å². The van der Waals surface area contributed by atoms with E-state index in [1.807, 2.05) is 19.1 Å². The quantitative estimate of drug-likeness (QED) is 0.205. The number of carbonyl (C=O) groups excluding carboxylic acids is 3. The summed E-state index contributed by atoms with van der Waals surface area (Å²) in [5, 5.41) is 16.7. The van der Waals surface area contributed by atoms with E-state index in [0.29, 0.717) is 17.3 Å². The third kappa shape index (κ3) is 7.20. The zero-order valence-corrected chi connectivity index (χ0v) is 33.1. The van der Waals surface area contributed by atoms with Gasteiger partial charge >= 0.3 is 0 Å². The van der Waals surface area contributed by atoms with Gasteiger partial charge in [-0.25, -0.2) is 4.68 Å². The Labute approximate surface area is 329 Å². The lowest BCUT2D eigenvalue weighted by molar-refractivity contribution is -0.136. The van der Waals surface area contributed by atoms with E-state index in [1.165, 1.54) is 20.7 Å². The molecule has 3 atom stereocenters.